The van der Waals surface area contributed by atoms with E-state index in [1.165, 1.54) is 17.6 Å². The smallest absolute Gasteiger partial charge is 0.278 e. The Labute approximate surface area is 91.7 Å². The summed E-state index contributed by atoms with van der Waals surface area (Å²) in [5.41, 5.74) is 1.90. The van der Waals surface area contributed by atoms with Gasteiger partial charge in [-0.3, -0.25) is 4.40 Å². The normalized spacial score (nSPS) is 11.6. The van der Waals surface area contributed by atoms with E-state index in [1.807, 2.05) is 6.92 Å². The highest BCUT2D eigenvalue weighted by Crippen LogP contribution is 2.22. The molecule has 0 bridgehead atoms. The second-order valence-corrected chi connectivity index (χ2v) is 3.60. The number of ether oxygens (including phenoxy) is 1. The molecule has 86 valence electrons. The maximum Gasteiger partial charge on any atom is 0.278 e. The number of rotatable bonds is 3. The summed E-state index contributed by atoms with van der Waals surface area (Å²) in [5.74, 6) is 0. The summed E-state index contributed by atoms with van der Waals surface area (Å²) in [7, 11) is 1.51. The lowest BCUT2D eigenvalue weighted by molar-refractivity contribution is 0.143. The molecule has 5 heteroatoms. The lowest BCUT2D eigenvalue weighted by Gasteiger charge is -2.08. The number of hydrogen-bond acceptors (Lipinski definition) is 2. The predicted molar refractivity (Wildman–Crippen MR) is 55.6 cm³/mol. The van der Waals surface area contributed by atoms with E-state index in [9.17, 15) is 8.78 Å². The fourth-order valence-corrected chi connectivity index (χ4v) is 1.67. The van der Waals surface area contributed by atoms with Gasteiger partial charge in [0.2, 0.25) is 0 Å². The Hall–Kier alpha value is -1.49. The first-order valence-electron chi connectivity index (χ1n) is 4.88. The van der Waals surface area contributed by atoms with Crippen molar-refractivity contribution in [1.29, 1.82) is 0 Å². The van der Waals surface area contributed by atoms with Crippen LogP contribution in [-0.2, 0) is 11.3 Å². The topological polar surface area (TPSA) is 26.5 Å². The molecule has 0 aliphatic heterocycles. The molecule has 2 heterocycles. The summed E-state index contributed by atoms with van der Waals surface area (Å²) in [6, 6.07) is 3.14. The van der Waals surface area contributed by atoms with Crippen LogP contribution >= 0.6 is 0 Å². The number of alkyl halides is 2. The Balaban J connectivity index is 2.65. The SMILES string of the molecule is COCc1cc(C(F)F)n2ccc(C)c2n1. The first-order valence-corrected chi connectivity index (χ1v) is 4.88. The van der Waals surface area contributed by atoms with Gasteiger partial charge in [0.15, 0.2) is 0 Å². The van der Waals surface area contributed by atoms with Crippen LogP contribution < -0.4 is 0 Å². The third-order valence-corrected chi connectivity index (χ3v) is 2.41. The molecule has 0 saturated heterocycles. The minimum absolute atomic E-state index is 0.0508. The molecule has 0 aliphatic rings. The Morgan fingerprint density at radius 1 is 1.50 bits per heavy atom. The fraction of sp³-hybridized carbons (Fsp3) is 0.364. The Morgan fingerprint density at radius 2 is 2.25 bits per heavy atom. The molecule has 0 spiro atoms. The third kappa shape index (κ3) is 1.78. The van der Waals surface area contributed by atoms with E-state index in [-0.39, 0.29) is 12.3 Å². The van der Waals surface area contributed by atoms with E-state index in [2.05, 4.69) is 4.98 Å². The molecule has 0 N–H and O–H groups in total. The highest BCUT2D eigenvalue weighted by atomic mass is 19.3. The van der Waals surface area contributed by atoms with Crippen molar-refractivity contribution in [2.75, 3.05) is 7.11 Å². The van der Waals surface area contributed by atoms with Gasteiger partial charge in [-0.05, 0) is 24.6 Å². The van der Waals surface area contributed by atoms with Gasteiger partial charge < -0.3 is 4.74 Å². The molecule has 0 atom stereocenters. The molecule has 2 aromatic heterocycles. The molecular weight excluding hydrogens is 214 g/mol. The van der Waals surface area contributed by atoms with Crippen LogP contribution in [0.3, 0.4) is 0 Å². The Bertz CT molecular complexity index is 508. The van der Waals surface area contributed by atoms with E-state index in [0.29, 0.717) is 11.3 Å². The van der Waals surface area contributed by atoms with Gasteiger partial charge in [0.1, 0.15) is 5.65 Å². The second kappa shape index (κ2) is 4.17. The van der Waals surface area contributed by atoms with Gasteiger partial charge in [0.25, 0.3) is 6.43 Å². The summed E-state index contributed by atoms with van der Waals surface area (Å²) in [6.45, 7) is 2.08. The molecule has 0 saturated carbocycles. The molecule has 0 radical (unpaired) electrons. The molecule has 0 unspecified atom stereocenters. The Kier molecular flexibility index (Phi) is 2.87. The summed E-state index contributed by atoms with van der Waals surface area (Å²) < 4.78 is 32.0. The van der Waals surface area contributed by atoms with E-state index in [0.717, 1.165) is 5.56 Å². The second-order valence-electron chi connectivity index (χ2n) is 3.60. The van der Waals surface area contributed by atoms with Crippen LogP contribution in [0.2, 0.25) is 0 Å². The van der Waals surface area contributed by atoms with Gasteiger partial charge >= 0.3 is 0 Å². The van der Waals surface area contributed by atoms with Crippen LogP contribution in [0.1, 0.15) is 23.4 Å². The van der Waals surface area contributed by atoms with E-state index < -0.39 is 6.43 Å². The van der Waals surface area contributed by atoms with Crippen molar-refractivity contribution in [1.82, 2.24) is 9.38 Å². The van der Waals surface area contributed by atoms with Crippen molar-refractivity contribution in [3.8, 4) is 0 Å². The fourth-order valence-electron chi connectivity index (χ4n) is 1.67. The average Bonchev–Trinajstić information content (AvgIpc) is 2.60. The van der Waals surface area contributed by atoms with Crippen molar-refractivity contribution in [2.45, 2.75) is 20.0 Å². The van der Waals surface area contributed by atoms with Gasteiger partial charge in [-0.1, -0.05) is 0 Å². The van der Waals surface area contributed by atoms with Crippen LogP contribution in [0.4, 0.5) is 8.78 Å². The maximum absolute atomic E-state index is 12.8. The summed E-state index contributed by atoms with van der Waals surface area (Å²) in [4.78, 5) is 4.27. The number of fused-ring (bicyclic) bond motifs is 1. The summed E-state index contributed by atoms with van der Waals surface area (Å²) in [6.07, 6.45) is -0.914. The number of methoxy groups -OCH3 is 1. The zero-order valence-corrected chi connectivity index (χ0v) is 9.08. The molecule has 0 fully saturated rings. The number of nitrogens with zero attached hydrogens (tertiary/aromatic N) is 2. The highest BCUT2D eigenvalue weighted by molar-refractivity contribution is 5.49. The van der Waals surface area contributed by atoms with Crippen molar-refractivity contribution < 1.29 is 13.5 Å². The zero-order valence-electron chi connectivity index (χ0n) is 9.08. The highest BCUT2D eigenvalue weighted by Gasteiger charge is 2.15. The zero-order chi connectivity index (χ0) is 11.7. The predicted octanol–water partition coefficient (Wildman–Crippen LogP) is 2.73. The molecule has 0 amide bonds. The van der Waals surface area contributed by atoms with E-state index >= 15 is 0 Å². The van der Waals surface area contributed by atoms with Gasteiger partial charge in [0.05, 0.1) is 18.0 Å². The standard InChI is InChI=1S/C11H12F2N2O/c1-7-3-4-15-9(10(12)13)5-8(6-16-2)14-11(7)15/h3-5,10H,6H2,1-2H3. The molecule has 0 aromatic carbocycles. The van der Waals surface area contributed by atoms with Crippen LogP contribution in [0.5, 0.6) is 0 Å². The van der Waals surface area contributed by atoms with Gasteiger partial charge in [-0.2, -0.15) is 0 Å². The number of aryl methyl sites for hydroxylation is 1. The van der Waals surface area contributed by atoms with Crippen molar-refractivity contribution in [2.24, 2.45) is 0 Å². The monoisotopic (exact) mass is 226 g/mol. The van der Waals surface area contributed by atoms with Crippen molar-refractivity contribution >= 4 is 5.65 Å². The van der Waals surface area contributed by atoms with E-state index in [4.69, 9.17) is 4.74 Å². The van der Waals surface area contributed by atoms with Crippen molar-refractivity contribution in [3.05, 3.63) is 35.3 Å². The number of halogens is 2. The molecule has 2 aromatic rings. The molecular formula is C11H12F2N2O. The molecule has 16 heavy (non-hydrogen) atoms. The summed E-state index contributed by atoms with van der Waals surface area (Å²) in [5, 5.41) is 0. The van der Waals surface area contributed by atoms with Crippen LogP contribution in [0.25, 0.3) is 5.65 Å². The van der Waals surface area contributed by atoms with Crippen LogP contribution in [0, 0.1) is 6.92 Å². The number of hydrogen-bond donors (Lipinski definition) is 0. The Morgan fingerprint density at radius 3 is 2.88 bits per heavy atom. The lowest BCUT2D eigenvalue weighted by Crippen LogP contribution is -2.03. The lowest BCUT2D eigenvalue weighted by atomic mass is 10.3. The van der Waals surface area contributed by atoms with Gasteiger partial charge in [0, 0.05) is 13.3 Å². The molecule has 3 nitrogen and oxygen atoms in total. The van der Waals surface area contributed by atoms with Gasteiger partial charge in [-0.15, -0.1) is 0 Å². The van der Waals surface area contributed by atoms with Crippen LogP contribution in [0.15, 0.2) is 18.3 Å². The quantitative estimate of drug-likeness (QED) is 0.804. The maximum atomic E-state index is 12.8. The molecule has 0 aliphatic carbocycles. The van der Waals surface area contributed by atoms with E-state index in [1.54, 1.807) is 12.3 Å². The van der Waals surface area contributed by atoms with Gasteiger partial charge in [-0.25, -0.2) is 13.8 Å². The molecule has 2 rings (SSSR count). The first kappa shape index (κ1) is 11.0. The summed E-state index contributed by atoms with van der Waals surface area (Å²) >= 11 is 0. The third-order valence-electron chi connectivity index (χ3n) is 2.41. The first-order chi connectivity index (χ1) is 7.63. The van der Waals surface area contributed by atoms with Crippen molar-refractivity contribution in [3.63, 3.8) is 0 Å². The minimum Gasteiger partial charge on any atom is -0.378 e. The van der Waals surface area contributed by atoms with Crippen LogP contribution in [-0.4, -0.2) is 16.5 Å². The minimum atomic E-state index is -2.52. The average molecular weight is 226 g/mol. The largest absolute Gasteiger partial charge is 0.378 e. The number of aromatic nitrogens is 2.